The summed E-state index contributed by atoms with van der Waals surface area (Å²) in [6.45, 7) is 2.41. The topological polar surface area (TPSA) is 68.1 Å². The van der Waals surface area contributed by atoms with Crippen LogP contribution < -0.4 is 5.32 Å². The van der Waals surface area contributed by atoms with Gasteiger partial charge in [0.25, 0.3) is 5.69 Å². The largest absolute Gasteiger partial charge is 0.374 e. The minimum Gasteiger partial charge on any atom is -0.374 e. The van der Waals surface area contributed by atoms with Gasteiger partial charge in [-0.1, -0.05) is 22.0 Å². The molecule has 0 spiro atoms. The third kappa shape index (κ3) is 3.51. The van der Waals surface area contributed by atoms with E-state index in [-0.39, 0.29) is 5.69 Å². The number of nitro benzene ring substituents is 1. The molecule has 0 amide bonds. The fourth-order valence-corrected chi connectivity index (χ4v) is 1.94. The molecule has 5 nitrogen and oxygen atoms in total. The van der Waals surface area contributed by atoms with Crippen molar-refractivity contribution in [2.75, 3.05) is 5.32 Å². The van der Waals surface area contributed by atoms with Gasteiger partial charge in [-0.25, -0.2) is 0 Å². The van der Waals surface area contributed by atoms with Crippen LogP contribution in [0, 0.1) is 17.0 Å². The molecule has 19 heavy (non-hydrogen) atoms. The van der Waals surface area contributed by atoms with Gasteiger partial charge in [0.1, 0.15) is 5.69 Å². The van der Waals surface area contributed by atoms with E-state index in [1.165, 1.54) is 6.07 Å². The molecular formula is C13H12BrN3O2. The summed E-state index contributed by atoms with van der Waals surface area (Å²) in [5, 5.41) is 14.0. The minimum atomic E-state index is -0.407. The number of hydrogen-bond donors (Lipinski definition) is 1. The van der Waals surface area contributed by atoms with Crippen molar-refractivity contribution in [2.24, 2.45) is 0 Å². The van der Waals surface area contributed by atoms with Gasteiger partial charge in [0.15, 0.2) is 0 Å². The van der Waals surface area contributed by atoms with Gasteiger partial charge in [-0.3, -0.25) is 15.1 Å². The highest BCUT2D eigenvalue weighted by molar-refractivity contribution is 9.10. The molecule has 6 heteroatoms. The predicted molar refractivity (Wildman–Crippen MR) is 77.1 cm³/mol. The molecule has 98 valence electrons. The summed E-state index contributed by atoms with van der Waals surface area (Å²) in [5.74, 6) is 0. The van der Waals surface area contributed by atoms with Crippen molar-refractivity contribution < 1.29 is 4.92 Å². The number of rotatable bonds is 4. The first-order valence-corrected chi connectivity index (χ1v) is 6.45. The first kappa shape index (κ1) is 13.5. The molecule has 0 fully saturated rings. The van der Waals surface area contributed by atoms with Crippen LogP contribution >= 0.6 is 15.9 Å². The number of hydrogen-bond acceptors (Lipinski definition) is 4. The van der Waals surface area contributed by atoms with E-state index in [2.05, 4.69) is 26.2 Å². The molecule has 1 aromatic carbocycles. The van der Waals surface area contributed by atoms with Crippen LogP contribution in [0.2, 0.25) is 0 Å². The molecule has 1 aromatic heterocycles. The lowest BCUT2D eigenvalue weighted by Gasteiger charge is -2.07. The lowest BCUT2D eigenvalue weighted by molar-refractivity contribution is -0.384. The number of benzene rings is 1. The first-order chi connectivity index (χ1) is 9.06. The lowest BCUT2D eigenvalue weighted by Crippen LogP contribution is -2.04. The van der Waals surface area contributed by atoms with E-state index in [1.54, 1.807) is 18.3 Å². The van der Waals surface area contributed by atoms with Crippen molar-refractivity contribution in [1.29, 1.82) is 0 Å². The van der Waals surface area contributed by atoms with Crippen LogP contribution in [0.3, 0.4) is 0 Å². The highest BCUT2D eigenvalue weighted by Gasteiger charge is 2.13. The normalized spacial score (nSPS) is 10.2. The zero-order valence-corrected chi connectivity index (χ0v) is 11.8. The van der Waals surface area contributed by atoms with E-state index in [0.717, 1.165) is 11.3 Å². The highest BCUT2D eigenvalue weighted by Crippen LogP contribution is 2.28. The zero-order chi connectivity index (χ0) is 13.8. The van der Waals surface area contributed by atoms with Crippen LogP contribution in [0.1, 0.15) is 11.3 Å². The number of nitrogens with zero attached hydrogens (tertiary/aromatic N) is 2. The molecule has 0 radical (unpaired) electrons. The quantitative estimate of drug-likeness (QED) is 0.689. The number of aryl methyl sites for hydroxylation is 1. The zero-order valence-electron chi connectivity index (χ0n) is 10.3. The Morgan fingerprint density at radius 3 is 2.79 bits per heavy atom. The summed E-state index contributed by atoms with van der Waals surface area (Å²) in [6, 6.07) is 8.77. The molecule has 0 saturated heterocycles. The molecule has 0 atom stereocenters. The Morgan fingerprint density at radius 2 is 2.16 bits per heavy atom. The Balaban J connectivity index is 2.15. The van der Waals surface area contributed by atoms with Crippen LogP contribution in [0.15, 0.2) is 41.0 Å². The number of pyridine rings is 1. The summed E-state index contributed by atoms with van der Waals surface area (Å²) in [4.78, 5) is 14.8. The molecule has 0 aliphatic carbocycles. The summed E-state index contributed by atoms with van der Waals surface area (Å²) in [7, 11) is 0. The average molecular weight is 322 g/mol. The third-order valence-corrected chi connectivity index (χ3v) is 3.08. The van der Waals surface area contributed by atoms with Crippen molar-refractivity contribution in [3.05, 3.63) is 62.4 Å². The number of nitrogens with one attached hydrogen (secondary N) is 1. The second-order valence-corrected chi connectivity index (χ2v) is 5.01. The highest BCUT2D eigenvalue weighted by atomic mass is 79.9. The SMILES string of the molecule is Cc1ccc(CNc2ccc(Br)cc2[N+](=O)[O-])nc1. The Kier molecular flexibility index (Phi) is 4.11. The molecule has 0 aliphatic rings. The van der Waals surface area contributed by atoms with E-state index >= 15 is 0 Å². The summed E-state index contributed by atoms with van der Waals surface area (Å²) in [5.41, 5.74) is 2.44. The Morgan fingerprint density at radius 1 is 1.37 bits per heavy atom. The summed E-state index contributed by atoms with van der Waals surface area (Å²) >= 11 is 3.22. The molecular weight excluding hydrogens is 310 g/mol. The van der Waals surface area contributed by atoms with E-state index in [0.29, 0.717) is 16.7 Å². The maximum atomic E-state index is 11.0. The van der Waals surface area contributed by atoms with Gasteiger partial charge in [-0.2, -0.15) is 0 Å². The fraction of sp³-hybridized carbons (Fsp3) is 0.154. The van der Waals surface area contributed by atoms with Crippen molar-refractivity contribution >= 4 is 27.3 Å². The van der Waals surface area contributed by atoms with Crippen molar-refractivity contribution in [3.8, 4) is 0 Å². The standard InChI is InChI=1S/C13H12BrN3O2/c1-9-2-4-11(15-7-9)8-16-12-5-3-10(14)6-13(12)17(18)19/h2-7,16H,8H2,1H3. The Labute approximate surface area is 119 Å². The minimum absolute atomic E-state index is 0.0430. The van der Waals surface area contributed by atoms with Gasteiger partial charge in [0.2, 0.25) is 0 Å². The monoisotopic (exact) mass is 321 g/mol. The van der Waals surface area contributed by atoms with Crippen LogP contribution in [-0.2, 0) is 6.54 Å². The molecule has 1 N–H and O–H groups in total. The first-order valence-electron chi connectivity index (χ1n) is 5.65. The molecule has 2 aromatic rings. The van der Waals surface area contributed by atoms with Crippen molar-refractivity contribution in [2.45, 2.75) is 13.5 Å². The Bertz CT molecular complexity index is 599. The van der Waals surface area contributed by atoms with Gasteiger partial charge in [-0.15, -0.1) is 0 Å². The summed E-state index contributed by atoms with van der Waals surface area (Å²) in [6.07, 6.45) is 1.77. The number of aromatic nitrogens is 1. The second-order valence-electron chi connectivity index (χ2n) is 4.10. The molecule has 0 bridgehead atoms. The number of anilines is 1. The van der Waals surface area contributed by atoms with Gasteiger partial charge in [0.05, 0.1) is 17.2 Å². The van der Waals surface area contributed by atoms with Crippen molar-refractivity contribution in [3.63, 3.8) is 0 Å². The van der Waals surface area contributed by atoms with Crippen LogP contribution in [0.5, 0.6) is 0 Å². The van der Waals surface area contributed by atoms with Crippen LogP contribution in [0.4, 0.5) is 11.4 Å². The number of halogens is 1. The second kappa shape index (κ2) is 5.79. The fourth-order valence-electron chi connectivity index (χ4n) is 1.59. The van der Waals surface area contributed by atoms with Gasteiger partial charge in [0, 0.05) is 16.7 Å². The van der Waals surface area contributed by atoms with Crippen molar-refractivity contribution in [1.82, 2.24) is 4.98 Å². The molecule has 0 aliphatic heterocycles. The Hall–Kier alpha value is -1.95. The van der Waals surface area contributed by atoms with E-state index < -0.39 is 4.92 Å². The van der Waals surface area contributed by atoms with Gasteiger partial charge < -0.3 is 5.32 Å². The molecule has 2 rings (SSSR count). The maximum absolute atomic E-state index is 11.0. The van der Waals surface area contributed by atoms with Gasteiger partial charge in [-0.05, 0) is 30.7 Å². The van der Waals surface area contributed by atoms with E-state index in [9.17, 15) is 10.1 Å². The number of nitro groups is 1. The lowest BCUT2D eigenvalue weighted by atomic mass is 10.2. The molecule has 1 heterocycles. The molecule has 0 unspecified atom stereocenters. The summed E-state index contributed by atoms with van der Waals surface area (Å²) < 4.78 is 0.679. The molecule has 0 saturated carbocycles. The van der Waals surface area contributed by atoms with Crippen LogP contribution in [-0.4, -0.2) is 9.91 Å². The average Bonchev–Trinajstić information content (AvgIpc) is 2.39. The van der Waals surface area contributed by atoms with Crippen LogP contribution in [0.25, 0.3) is 0 Å². The predicted octanol–water partition coefficient (Wildman–Crippen LogP) is 3.67. The maximum Gasteiger partial charge on any atom is 0.293 e. The van der Waals surface area contributed by atoms with Gasteiger partial charge >= 0.3 is 0 Å². The van der Waals surface area contributed by atoms with E-state index in [1.807, 2.05) is 19.1 Å². The van der Waals surface area contributed by atoms with E-state index in [4.69, 9.17) is 0 Å². The third-order valence-electron chi connectivity index (χ3n) is 2.59. The smallest absolute Gasteiger partial charge is 0.293 e.